The van der Waals surface area contributed by atoms with Crippen molar-refractivity contribution < 1.29 is 14.3 Å². The molecule has 1 radical (unpaired) electrons. The van der Waals surface area contributed by atoms with E-state index in [-0.39, 0.29) is 0 Å². The van der Waals surface area contributed by atoms with Gasteiger partial charge in [0.25, 0.3) is 0 Å². The number of para-hydroxylation sites is 1. The Kier molecular flexibility index (Phi) is 2.38. The molecule has 0 amide bonds. The Morgan fingerprint density at radius 1 is 1.27 bits per heavy atom. The summed E-state index contributed by atoms with van der Waals surface area (Å²) in [7, 11) is 0. The minimum Gasteiger partial charge on any atom is -0.420 e. The van der Waals surface area contributed by atoms with Crippen LogP contribution < -0.4 is 4.74 Å². The van der Waals surface area contributed by atoms with E-state index in [1.54, 1.807) is 30.3 Å². The summed E-state index contributed by atoms with van der Waals surface area (Å²) in [5.41, 5.74) is 0. The zero-order valence-electron chi connectivity index (χ0n) is 5.61. The van der Waals surface area contributed by atoms with Crippen LogP contribution in [-0.2, 0) is 9.59 Å². The number of carbonyl (C=O) groups is 1. The average Bonchev–Trinajstić information content (AvgIpc) is 2.06. The number of esters is 1. The molecule has 0 aliphatic rings. The van der Waals surface area contributed by atoms with Crippen molar-refractivity contribution in [2.45, 2.75) is 0 Å². The quantitative estimate of drug-likeness (QED) is 0.353. The van der Waals surface area contributed by atoms with Gasteiger partial charge in [-0.15, -0.1) is 0 Å². The Morgan fingerprint density at radius 2 is 1.91 bits per heavy atom. The smallest absolute Gasteiger partial charge is 0.388 e. The van der Waals surface area contributed by atoms with Gasteiger partial charge in [-0.1, -0.05) is 18.2 Å². The summed E-state index contributed by atoms with van der Waals surface area (Å²) in [6, 6.07) is 8.34. The monoisotopic (exact) mass is 149 g/mol. The van der Waals surface area contributed by atoms with E-state index >= 15 is 0 Å². The number of benzene rings is 1. The number of hydrogen-bond donors (Lipinski definition) is 0. The third kappa shape index (κ3) is 2.21. The average molecular weight is 149 g/mol. The summed E-state index contributed by atoms with van der Waals surface area (Å²) in [5, 5.41) is 0. The van der Waals surface area contributed by atoms with Crippen LogP contribution in [0.1, 0.15) is 0 Å². The van der Waals surface area contributed by atoms with Gasteiger partial charge in [-0.25, -0.2) is 4.79 Å². The normalized spacial score (nSPS) is 8.73. The first-order valence-electron chi connectivity index (χ1n) is 2.98. The number of carbonyl (C=O) groups excluding carboxylic acids is 2. The van der Waals surface area contributed by atoms with Crippen molar-refractivity contribution in [2.24, 2.45) is 0 Å². The van der Waals surface area contributed by atoms with E-state index in [2.05, 4.69) is 4.74 Å². The second-order valence-electron chi connectivity index (χ2n) is 1.80. The molecule has 0 saturated heterocycles. The molecule has 1 aromatic carbocycles. The molecule has 3 nitrogen and oxygen atoms in total. The minimum absolute atomic E-state index is 0.348. The van der Waals surface area contributed by atoms with E-state index in [0.29, 0.717) is 5.75 Å². The fourth-order valence-corrected chi connectivity index (χ4v) is 0.616. The molecule has 0 spiro atoms. The Bertz CT molecular complexity index is 253. The highest BCUT2D eigenvalue weighted by atomic mass is 16.5. The number of ether oxygens (including phenoxy) is 1. The van der Waals surface area contributed by atoms with Crippen molar-refractivity contribution in [3.05, 3.63) is 30.3 Å². The van der Waals surface area contributed by atoms with Crippen molar-refractivity contribution in [3.8, 4) is 5.75 Å². The van der Waals surface area contributed by atoms with E-state index in [9.17, 15) is 9.59 Å². The predicted octanol–water partition coefficient (Wildman–Crippen LogP) is 0.702. The van der Waals surface area contributed by atoms with Crippen LogP contribution in [0, 0.1) is 0 Å². The molecule has 55 valence electrons. The molecule has 3 heteroatoms. The molecule has 0 atom stereocenters. The number of rotatable bonds is 2. The van der Waals surface area contributed by atoms with E-state index in [1.165, 1.54) is 0 Å². The SMILES string of the molecule is O=[C]C(=O)Oc1ccccc1. The topological polar surface area (TPSA) is 43.4 Å². The molecule has 1 rings (SSSR count). The van der Waals surface area contributed by atoms with E-state index in [4.69, 9.17) is 0 Å². The molecule has 0 unspecified atom stereocenters. The minimum atomic E-state index is -1.00. The molecular formula is C8H5O3. The summed E-state index contributed by atoms with van der Waals surface area (Å²) < 4.78 is 4.50. The molecule has 1 aromatic rings. The van der Waals surface area contributed by atoms with E-state index in [1.807, 2.05) is 0 Å². The molecule has 0 fully saturated rings. The molecule has 11 heavy (non-hydrogen) atoms. The lowest BCUT2D eigenvalue weighted by atomic mass is 10.3. The summed E-state index contributed by atoms with van der Waals surface area (Å²) in [6.07, 6.45) is 1.10. The first-order chi connectivity index (χ1) is 5.33. The van der Waals surface area contributed by atoms with Crippen molar-refractivity contribution in [1.82, 2.24) is 0 Å². The lowest BCUT2D eigenvalue weighted by Crippen LogP contribution is -2.07. The summed E-state index contributed by atoms with van der Waals surface area (Å²) in [4.78, 5) is 20.0. The molecular weight excluding hydrogens is 144 g/mol. The van der Waals surface area contributed by atoms with Crippen LogP contribution in [0.4, 0.5) is 0 Å². The highest BCUT2D eigenvalue weighted by Crippen LogP contribution is 2.07. The van der Waals surface area contributed by atoms with Gasteiger partial charge in [-0.05, 0) is 12.1 Å². The van der Waals surface area contributed by atoms with E-state index < -0.39 is 5.97 Å². The van der Waals surface area contributed by atoms with Crippen LogP contribution in [0.3, 0.4) is 0 Å². The van der Waals surface area contributed by atoms with Crippen LogP contribution >= 0.6 is 0 Å². The van der Waals surface area contributed by atoms with Crippen LogP contribution in [0.25, 0.3) is 0 Å². The van der Waals surface area contributed by atoms with Gasteiger partial charge in [0.15, 0.2) is 0 Å². The van der Waals surface area contributed by atoms with E-state index in [0.717, 1.165) is 6.29 Å². The first-order valence-corrected chi connectivity index (χ1v) is 2.98. The van der Waals surface area contributed by atoms with Crippen molar-refractivity contribution >= 4 is 12.3 Å². The van der Waals surface area contributed by atoms with Gasteiger partial charge in [0.05, 0.1) is 0 Å². The predicted molar refractivity (Wildman–Crippen MR) is 37.8 cm³/mol. The lowest BCUT2D eigenvalue weighted by molar-refractivity contribution is -0.127. The summed E-state index contributed by atoms with van der Waals surface area (Å²) in [6.45, 7) is 0. The van der Waals surface area contributed by atoms with Gasteiger partial charge in [-0.2, -0.15) is 0 Å². The highest BCUT2D eigenvalue weighted by molar-refractivity contribution is 6.21. The highest BCUT2D eigenvalue weighted by Gasteiger charge is 2.00. The summed E-state index contributed by atoms with van der Waals surface area (Å²) >= 11 is 0. The lowest BCUT2D eigenvalue weighted by Gasteiger charge is -1.96. The fraction of sp³-hybridized carbons (Fsp3) is 0. The largest absolute Gasteiger partial charge is 0.420 e. The second-order valence-corrected chi connectivity index (χ2v) is 1.80. The zero-order chi connectivity index (χ0) is 8.10. The molecule has 0 aliphatic heterocycles. The molecule has 0 aromatic heterocycles. The van der Waals surface area contributed by atoms with Gasteiger partial charge in [0.1, 0.15) is 5.75 Å². The van der Waals surface area contributed by atoms with Crippen molar-refractivity contribution in [3.63, 3.8) is 0 Å². The molecule has 0 saturated carbocycles. The maximum absolute atomic E-state index is 10.3. The number of hydrogen-bond acceptors (Lipinski definition) is 3. The van der Waals surface area contributed by atoms with Gasteiger partial charge in [0, 0.05) is 0 Å². The third-order valence-electron chi connectivity index (χ3n) is 1.04. The molecule has 0 aliphatic carbocycles. The Balaban J connectivity index is 2.65. The maximum Gasteiger partial charge on any atom is 0.388 e. The standard InChI is InChI=1S/C8H5O3/c9-6-8(10)11-7-4-2-1-3-5-7/h1-5H. The van der Waals surface area contributed by atoms with Gasteiger partial charge < -0.3 is 4.74 Å². The zero-order valence-corrected chi connectivity index (χ0v) is 5.61. The molecule has 0 bridgehead atoms. The Labute approximate surface area is 63.6 Å². The van der Waals surface area contributed by atoms with Gasteiger partial charge in [0.2, 0.25) is 0 Å². The van der Waals surface area contributed by atoms with Crippen LogP contribution in [-0.4, -0.2) is 12.3 Å². The van der Waals surface area contributed by atoms with Crippen molar-refractivity contribution in [1.29, 1.82) is 0 Å². The first kappa shape index (κ1) is 7.47. The van der Waals surface area contributed by atoms with Crippen LogP contribution in [0.5, 0.6) is 5.75 Å². The summed E-state index contributed by atoms with van der Waals surface area (Å²) in [5.74, 6) is -0.656. The van der Waals surface area contributed by atoms with Crippen LogP contribution in [0.15, 0.2) is 30.3 Å². The van der Waals surface area contributed by atoms with Gasteiger partial charge >= 0.3 is 12.3 Å². The Hall–Kier alpha value is -1.64. The van der Waals surface area contributed by atoms with Gasteiger partial charge in [-0.3, -0.25) is 4.79 Å². The molecule has 0 heterocycles. The maximum atomic E-state index is 10.3. The fourth-order valence-electron chi connectivity index (χ4n) is 0.616. The van der Waals surface area contributed by atoms with Crippen molar-refractivity contribution in [2.75, 3.05) is 0 Å². The third-order valence-corrected chi connectivity index (χ3v) is 1.04. The van der Waals surface area contributed by atoms with Crippen LogP contribution in [0.2, 0.25) is 0 Å². The Morgan fingerprint density at radius 3 is 2.45 bits per heavy atom. The second kappa shape index (κ2) is 3.51. The molecule has 0 N–H and O–H groups in total.